The molecule has 0 amide bonds. The molecule has 1 atom stereocenters. The highest BCUT2D eigenvalue weighted by molar-refractivity contribution is 14.1. The zero-order chi connectivity index (χ0) is 27.0. The van der Waals surface area contributed by atoms with Gasteiger partial charge in [-0.25, -0.2) is 15.5 Å². The number of nitrogens with one attached hydrogen (secondary N) is 2. The van der Waals surface area contributed by atoms with Crippen LogP contribution < -0.4 is 27.7 Å². The van der Waals surface area contributed by atoms with Crippen molar-refractivity contribution >= 4 is 69.1 Å². The van der Waals surface area contributed by atoms with E-state index < -0.39 is 5.54 Å². The fourth-order valence-corrected chi connectivity index (χ4v) is 5.41. The highest BCUT2D eigenvalue weighted by Crippen LogP contribution is 2.37. The first-order valence-corrected chi connectivity index (χ1v) is 14.1. The Labute approximate surface area is 243 Å². The van der Waals surface area contributed by atoms with Crippen molar-refractivity contribution in [3.8, 4) is 0 Å². The number of aliphatic imine (C=N–C) groups is 1. The molecule has 0 spiro atoms. The lowest BCUT2D eigenvalue weighted by atomic mass is 9.80. The molecule has 0 aromatic heterocycles. The average Bonchev–Trinajstić information content (AvgIpc) is 3.41. The van der Waals surface area contributed by atoms with Crippen molar-refractivity contribution in [1.29, 1.82) is 0 Å². The summed E-state index contributed by atoms with van der Waals surface area (Å²) >= 11 is 10.1. The fraction of sp³-hybridized carbons (Fsp3) is 0.115. The van der Waals surface area contributed by atoms with Crippen molar-refractivity contribution in [2.75, 3.05) is 18.3 Å². The largest absolute Gasteiger partial charge is 0.325 e. The number of hydrazone groups is 2. The molecule has 5 rings (SSSR count). The monoisotopic (exact) mass is 657 g/mol. The Bertz CT molecular complexity index is 1500. The van der Waals surface area contributed by atoms with Crippen LogP contribution in [0, 0.1) is 3.57 Å². The van der Waals surface area contributed by atoms with Crippen LogP contribution in [0.4, 0.5) is 5.69 Å². The number of likely N-dealkylation sites (N-methyl/N-ethyl adjacent to an activating group) is 1. The number of benzene rings is 3. The predicted octanol–water partition coefficient (Wildman–Crippen LogP) is 4.14. The van der Waals surface area contributed by atoms with Crippen molar-refractivity contribution in [2.45, 2.75) is 5.54 Å². The first kappa shape index (κ1) is 26.5. The molecule has 2 heterocycles. The van der Waals surface area contributed by atoms with Gasteiger partial charge in [0.25, 0.3) is 5.96 Å². The SMILES string of the molecule is C=C(SC)N(C)/C(=N\N)C(N)(c1ccc(I)cc1)c1ccc2c(c1)C(c1cccc(Cl)c1)=NC1=NNNN12. The molecule has 1 unspecified atom stereocenters. The van der Waals surface area contributed by atoms with E-state index in [4.69, 9.17) is 28.2 Å². The third-order valence-electron chi connectivity index (χ3n) is 6.48. The van der Waals surface area contributed by atoms with Crippen molar-refractivity contribution in [1.82, 2.24) is 16.0 Å². The van der Waals surface area contributed by atoms with Crippen molar-refractivity contribution in [3.05, 3.63) is 109 Å². The van der Waals surface area contributed by atoms with Crippen LogP contribution in [0.1, 0.15) is 22.3 Å². The standard InChI is InChI=1S/C26H25ClIN9S/c1-15(38-3)36(2)24(32-30)26(29,17-7-10-20(28)11-8-17)18-9-12-22-21(14-18)23(16-5-4-6-19(27)13-16)31-25-33-34-35-37(22)25/h4-14,34-35H,1,29-30H2,2-3H3/b32-24-. The molecule has 3 aromatic rings. The van der Waals surface area contributed by atoms with Crippen molar-refractivity contribution < 1.29 is 0 Å². The van der Waals surface area contributed by atoms with Crippen LogP contribution in [0.2, 0.25) is 5.02 Å². The van der Waals surface area contributed by atoms with Gasteiger partial charge in [0.15, 0.2) is 5.84 Å². The number of anilines is 1. The lowest BCUT2D eigenvalue weighted by molar-refractivity contribution is 0.571. The number of hydrazine groups is 2. The first-order chi connectivity index (χ1) is 18.3. The number of guanidine groups is 1. The van der Waals surface area contributed by atoms with Gasteiger partial charge in [0.1, 0.15) is 5.54 Å². The molecule has 12 heteroatoms. The Morgan fingerprint density at radius 1 is 1.16 bits per heavy atom. The highest BCUT2D eigenvalue weighted by atomic mass is 127. The number of halogens is 2. The summed E-state index contributed by atoms with van der Waals surface area (Å²) in [5.41, 5.74) is 16.8. The molecular formula is C26H25ClIN9S. The number of hydrogen-bond acceptors (Lipinski definition) is 9. The second kappa shape index (κ2) is 10.6. The number of rotatable bonds is 6. The molecule has 0 fully saturated rings. The van der Waals surface area contributed by atoms with E-state index in [2.05, 4.69) is 50.4 Å². The van der Waals surface area contributed by atoms with Gasteiger partial charge in [-0.3, -0.25) is 0 Å². The smallest absolute Gasteiger partial charge is 0.265 e. The summed E-state index contributed by atoms with van der Waals surface area (Å²) in [4.78, 5) is 6.65. The number of nitrogens with zero attached hydrogens (tertiary/aromatic N) is 5. The molecule has 0 radical (unpaired) electrons. The Morgan fingerprint density at radius 2 is 1.89 bits per heavy atom. The third kappa shape index (κ3) is 4.54. The summed E-state index contributed by atoms with van der Waals surface area (Å²) in [5.74, 6) is 6.96. The van der Waals surface area contributed by atoms with E-state index in [1.54, 1.807) is 5.01 Å². The Hall–Kier alpha value is -3.10. The molecule has 0 saturated heterocycles. The summed E-state index contributed by atoms with van der Waals surface area (Å²) in [6, 6.07) is 21.5. The zero-order valence-corrected chi connectivity index (χ0v) is 24.3. The Balaban J connectivity index is 1.74. The minimum atomic E-state index is -1.22. The van der Waals surface area contributed by atoms with E-state index in [0.29, 0.717) is 22.5 Å². The normalized spacial score (nSPS) is 16.0. The lowest BCUT2D eigenvalue weighted by Crippen LogP contribution is -2.53. The van der Waals surface area contributed by atoms with E-state index in [0.717, 1.165) is 36.5 Å². The van der Waals surface area contributed by atoms with Gasteiger partial charge in [0, 0.05) is 26.8 Å². The third-order valence-corrected chi connectivity index (χ3v) is 8.18. The molecule has 9 nitrogen and oxygen atoms in total. The van der Waals surface area contributed by atoms with Gasteiger partial charge >= 0.3 is 0 Å². The van der Waals surface area contributed by atoms with Crippen LogP contribution in [0.5, 0.6) is 0 Å². The van der Waals surface area contributed by atoms with Crippen LogP contribution in [0.25, 0.3) is 0 Å². The molecule has 6 N–H and O–H groups in total. The summed E-state index contributed by atoms with van der Waals surface area (Å²) < 4.78 is 1.09. The molecule has 0 bridgehead atoms. The predicted molar refractivity (Wildman–Crippen MR) is 166 cm³/mol. The van der Waals surface area contributed by atoms with Crippen LogP contribution in [0.15, 0.2) is 93.5 Å². The molecular weight excluding hydrogens is 633 g/mol. The molecule has 0 saturated carbocycles. The molecule has 38 heavy (non-hydrogen) atoms. The van der Waals surface area contributed by atoms with E-state index in [1.807, 2.05) is 84.9 Å². The Kier molecular flexibility index (Phi) is 7.38. The summed E-state index contributed by atoms with van der Waals surface area (Å²) in [6.07, 6.45) is 1.94. The number of hydrogen-bond donors (Lipinski definition) is 4. The van der Waals surface area contributed by atoms with Gasteiger partial charge < -0.3 is 16.5 Å². The van der Waals surface area contributed by atoms with Gasteiger partial charge in [-0.1, -0.05) is 48.5 Å². The van der Waals surface area contributed by atoms with Gasteiger partial charge in [-0.15, -0.1) is 22.4 Å². The quantitative estimate of drug-likeness (QED) is 0.104. The van der Waals surface area contributed by atoms with Gasteiger partial charge in [0.05, 0.1) is 16.4 Å². The van der Waals surface area contributed by atoms with Crippen molar-refractivity contribution in [2.24, 2.45) is 26.8 Å². The van der Waals surface area contributed by atoms with Crippen LogP contribution >= 0.6 is 46.0 Å². The zero-order valence-electron chi connectivity index (χ0n) is 20.6. The van der Waals surface area contributed by atoms with Crippen LogP contribution in [0.3, 0.4) is 0 Å². The van der Waals surface area contributed by atoms with Gasteiger partial charge in [-0.2, -0.15) is 5.10 Å². The fourth-order valence-electron chi connectivity index (χ4n) is 4.50. The summed E-state index contributed by atoms with van der Waals surface area (Å²) in [5, 5.41) is 11.6. The molecule has 2 aliphatic heterocycles. The minimum absolute atomic E-state index is 0.443. The molecule has 194 valence electrons. The van der Waals surface area contributed by atoms with Crippen molar-refractivity contribution in [3.63, 3.8) is 0 Å². The summed E-state index contributed by atoms with van der Waals surface area (Å²) in [6.45, 7) is 4.15. The van der Waals surface area contributed by atoms with E-state index >= 15 is 0 Å². The first-order valence-electron chi connectivity index (χ1n) is 11.5. The lowest BCUT2D eigenvalue weighted by Gasteiger charge is -2.37. The van der Waals surface area contributed by atoms with E-state index in [1.165, 1.54) is 11.8 Å². The minimum Gasteiger partial charge on any atom is -0.325 e. The van der Waals surface area contributed by atoms with Crippen LogP contribution in [-0.4, -0.2) is 35.7 Å². The van der Waals surface area contributed by atoms with E-state index in [-0.39, 0.29) is 0 Å². The molecule has 3 aromatic carbocycles. The number of nitrogens with two attached hydrogens (primary N) is 2. The van der Waals surface area contributed by atoms with Crippen LogP contribution in [-0.2, 0) is 5.54 Å². The Morgan fingerprint density at radius 3 is 2.58 bits per heavy atom. The van der Waals surface area contributed by atoms with E-state index in [9.17, 15) is 0 Å². The van der Waals surface area contributed by atoms with Gasteiger partial charge in [-0.05, 0) is 76.4 Å². The molecule has 2 aliphatic rings. The number of fused-ring (bicyclic) bond motifs is 3. The topological polar surface area (TPSA) is 120 Å². The maximum absolute atomic E-state index is 7.36. The maximum Gasteiger partial charge on any atom is 0.265 e. The summed E-state index contributed by atoms with van der Waals surface area (Å²) in [7, 11) is 1.86. The number of thioether (sulfide) groups is 1. The average molecular weight is 658 g/mol. The highest BCUT2D eigenvalue weighted by Gasteiger charge is 2.40. The maximum atomic E-state index is 7.36. The second-order valence-electron chi connectivity index (χ2n) is 8.60. The number of amidine groups is 1. The molecule has 0 aliphatic carbocycles. The van der Waals surface area contributed by atoms with Gasteiger partial charge in [0.2, 0.25) is 0 Å². The second-order valence-corrected chi connectivity index (χ2v) is 11.2.